The summed E-state index contributed by atoms with van der Waals surface area (Å²) in [7, 11) is 0. The van der Waals surface area contributed by atoms with E-state index in [4.69, 9.17) is 0 Å². The molecule has 8 nitrogen and oxygen atoms in total. The third-order valence-electron chi connectivity index (χ3n) is 2.20. The van der Waals surface area contributed by atoms with E-state index in [1.54, 1.807) is 20.8 Å². The summed E-state index contributed by atoms with van der Waals surface area (Å²) in [5.74, 6) is -1.87. The number of nitrogens with one attached hydrogen (secondary N) is 1. The fraction of sp³-hybridized carbons (Fsp3) is 0.692. The van der Waals surface area contributed by atoms with Gasteiger partial charge in [0.25, 0.3) is 0 Å². The van der Waals surface area contributed by atoms with Crippen LogP contribution >= 0.6 is 11.8 Å². The maximum absolute atomic E-state index is 11.6. The second-order valence-corrected chi connectivity index (χ2v) is 5.69. The Bertz CT molecular complexity index is 411. The van der Waals surface area contributed by atoms with Crippen molar-refractivity contribution < 1.29 is 33.4 Å². The number of esters is 2. The lowest BCUT2D eigenvalue weighted by atomic mass is 10.2. The van der Waals surface area contributed by atoms with E-state index in [1.165, 1.54) is 6.92 Å². The molecule has 1 atom stereocenters. The summed E-state index contributed by atoms with van der Waals surface area (Å²) in [5.41, 5.74) is 0. The Balaban J connectivity index is 3.96. The molecule has 1 N–H and O–H groups in total. The Hall–Kier alpha value is -1.77. The fourth-order valence-electron chi connectivity index (χ4n) is 1.05. The van der Waals surface area contributed by atoms with Crippen LogP contribution in [0.25, 0.3) is 0 Å². The standard InChI is InChI=1S/C13H21NO7S/c1-5-19-10(15)6-14-11(16)9(4)22-13(18)21-7-20-12(17)8(2)3/h8-9H,5-7H2,1-4H3,(H,14,16). The van der Waals surface area contributed by atoms with Gasteiger partial charge in [0, 0.05) is 0 Å². The summed E-state index contributed by atoms with van der Waals surface area (Å²) in [4.78, 5) is 45.3. The molecule has 0 aromatic carbocycles. The van der Waals surface area contributed by atoms with Gasteiger partial charge in [-0.2, -0.15) is 0 Å². The molecular formula is C13H21NO7S. The first-order chi connectivity index (χ1) is 10.3. The number of ether oxygens (including phenoxy) is 3. The zero-order valence-electron chi connectivity index (χ0n) is 13.0. The van der Waals surface area contributed by atoms with Crippen LogP contribution in [0.2, 0.25) is 0 Å². The van der Waals surface area contributed by atoms with Gasteiger partial charge in [0.2, 0.25) is 12.7 Å². The zero-order chi connectivity index (χ0) is 17.1. The SMILES string of the molecule is CCOC(=O)CNC(=O)C(C)SC(=O)OCOC(=O)C(C)C. The van der Waals surface area contributed by atoms with Crippen molar-refractivity contribution in [1.82, 2.24) is 5.32 Å². The lowest BCUT2D eigenvalue weighted by Crippen LogP contribution is -2.36. The van der Waals surface area contributed by atoms with Crippen molar-refractivity contribution >= 4 is 34.9 Å². The molecule has 1 amide bonds. The van der Waals surface area contributed by atoms with E-state index >= 15 is 0 Å². The third-order valence-corrected chi connectivity index (χ3v) is 3.08. The molecular weight excluding hydrogens is 314 g/mol. The van der Waals surface area contributed by atoms with Gasteiger partial charge < -0.3 is 19.5 Å². The van der Waals surface area contributed by atoms with Crippen LogP contribution in [0.15, 0.2) is 0 Å². The van der Waals surface area contributed by atoms with Crippen LogP contribution in [0.3, 0.4) is 0 Å². The lowest BCUT2D eigenvalue weighted by molar-refractivity contribution is -0.155. The highest BCUT2D eigenvalue weighted by Crippen LogP contribution is 2.13. The molecule has 1 unspecified atom stereocenters. The van der Waals surface area contributed by atoms with Gasteiger partial charge in [-0.1, -0.05) is 13.8 Å². The van der Waals surface area contributed by atoms with Crippen LogP contribution in [0.4, 0.5) is 4.79 Å². The van der Waals surface area contributed by atoms with Crippen LogP contribution in [0, 0.1) is 5.92 Å². The maximum atomic E-state index is 11.6. The Kier molecular flexibility index (Phi) is 10.0. The number of hydrogen-bond donors (Lipinski definition) is 1. The minimum atomic E-state index is -0.761. The molecule has 0 aliphatic heterocycles. The summed E-state index contributed by atoms with van der Waals surface area (Å²) in [6.07, 6.45) is 0. The van der Waals surface area contributed by atoms with Gasteiger partial charge in [0.1, 0.15) is 6.54 Å². The van der Waals surface area contributed by atoms with Crippen LogP contribution in [0.5, 0.6) is 0 Å². The monoisotopic (exact) mass is 335 g/mol. The molecule has 126 valence electrons. The van der Waals surface area contributed by atoms with Crippen molar-refractivity contribution in [2.24, 2.45) is 5.92 Å². The van der Waals surface area contributed by atoms with E-state index in [0.29, 0.717) is 11.8 Å². The molecule has 0 bridgehead atoms. The lowest BCUT2D eigenvalue weighted by Gasteiger charge is -2.11. The quantitative estimate of drug-likeness (QED) is 0.518. The highest BCUT2D eigenvalue weighted by atomic mass is 32.2. The van der Waals surface area contributed by atoms with E-state index < -0.39 is 35.2 Å². The normalized spacial score (nSPS) is 11.5. The van der Waals surface area contributed by atoms with Crippen LogP contribution in [-0.4, -0.2) is 48.3 Å². The number of amides is 1. The molecule has 0 rings (SSSR count). The Morgan fingerprint density at radius 3 is 2.23 bits per heavy atom. The Morgan fingerprint density at radius 2 is 1.68 bits per heavy atom. The molecule has 0 aromatic heterocycles. The first kappa shape index (κ1) is 20.2. The highest BCUT2D eigenvalue weighted by molar-refractivity contribution is 8.14. The van der Waals surface area contributed by atoms with Crippen LogP contribution < -0.4 is 5.32 Å². The van der Waals surface area contributed by atoms with Crippen LogP contribution in [0.1, 0.15) is 27.7 Å². The van der Waals surface area contributed by atoms with E-state index in [9.17, 15) is 19.2 Å². The Morgan fingerprint density at radius 1 is 1.05 bits per heavy atom. The molecule has 0 heterocycles. The first-order valence-corrected chi connectivity index (χ1v) is 7.59. The molecule has 0 radical (unpaired) electrons. The summed E-state index contributed by atoms with van der Waals surface area (Å²) in [6.45, 7) is 5.88. The molecule has 0 aromatic rings. The summed E-state index contributed by atoms with van der Waals surface area (Å²) in [6, 6.07) is 0. The van der Waals surface area contributed by atoms with Crippen LogP contribution in [-0.2, 0) is 28.6 Å². The summed E-state index contributed by atoms with van der Waals surface area (Å²) in [5, 5.41) is 0.818. The van der Waals surface area contributed by atoms with E-state index in [-0.39, 0.29) is 19.1 Å². The zero-order valence-corrected chi connectivity index (χ0v) is 13.9. The summed E-state index contributed by atoms with van der Waals surface area (Å²) < 4.78 is 14.0. The van der Waals surface area contributed by atoms with Crippen molar-refractivity contribution in [1.29, 1.82) is 0 Å². The Labute approximate surface area is 133 Å². The van der Waals surface area contributed by atoms with E-state index in [1.807, 2.05) is 0 Å². The van der Waals surface area contributed by atoms with Crippen molar-refractivity contribution in [3.63, 3.8) is 0 Å². The third kappa shape index (κ3) is 9.22. The van der Waals surface area contributed by atoms with Gasteiger partial charge in [-0.25, -0.2) is 4.79 Å². The van der Waals surface area contributed by atoms with Gasteiger partial charge in [-0.15, -0.1) is 0 Å². The first-order valence-electron chi connectivity index (χ1n) is 6.71. The molecule has 9 heteroatoms. The smallest absolute Gasteiger partial charge is 0.370 e. The molecule has 0 spiro atoms. The van der Waals surface area contributed by atoms with E-state index in [2.05, 4.69) is 19.5 Å². The second kappa shape index (κ2) is 10.9. The molecule has 0 aliphatic carbocycles. The predicted octanol–water partition coefficient (Wildman–Crippen LogP) is 1.08. The number of carbonyl (C=O) groups is 4. The molecule has 0 aliphatic rings. The average Bonchev–Trinajstić information content (AvgIpc) is 2.44. The number of hydrogen-bond acceptors (Lipinski definition) is 8. The maximum Gasteiger partial charge on any atom is 0.370 e. The summed E-state index contributed by atoms with van der Waals surface area (Å²) >= 11 is 0.616. The minimum Gasteiger partial charge on any atom is -0.465 e. The number of rotatable bonds is 8. The minimum absolute atomic E-state index is 0.223. The van der Waals surface area contributed by atoms with Crippen molar-refractivity contribution in [2.45, 2.75) is 32.9 Å². The second-order valence-electron chi connectivity index (χ2n) is 4.41. The van der Waals surface area contributed by atoms with Gasteiger partial charge >= 0.3 is 17.2 Å². The van der Waals surface area contributed by atoms with E-state index in [0.717, 1.165) is 0 Å². The topological polar surface area (TPSA) is 108 Å². The largest absolute Gasteiger partial charge is 0.465 e. The number of thioether (sulfide) groups is 1. The molecule has 0 saturated carbocycles. The highest BCUT2D eigenvalue weighted by Gasteiger charge is 2.20. The van der Waals surface area contributed by atoms with Crippen molar-refractivity contribution in [2.75, 3.05) is 19.9 Å². The predicted molar refractivity (Wildman–Crippen MR) is 79.0 cm³/mol. The fourth-order valence-corrected chi connectivity index (χ4v) is 1.64. The van der Waals surface area contributed by atoms with Gasteiger partial charge in [-0.3, -0.25) is 14.4 Å². The molecule has 0 saturated heterocycles. The van der Waals surface area contributed by atoms with Crippen molar-refractivity contribution in [3.8, 4) is 0 Å². The van der Waals surface area contributed by atoms with Gasteiger partial charge in [0.15, 0.2) is 0 Å². The average molecular weight is 335 g/mol. The number of carbonyl (C=O) groups excluding carboxylic acids is 4. The van der Waals surface area contributed by atoms with Gasteiger partial charge in [-0.05, 0) is 25.6 Å². The molecule has 0 fully saturated rings. The van der Waals surface area contributed by atoms with Gasteiger partial charge in [0.05, 0.1) is 17.8 Å². The molecule has 22 heavy (non-hydrogen) atoms. The van der Waals surface area contributed by atoms with Crippen molar-refractivity contribution in [3.05, 3.63) is 0 Å².